The zero-order valence-electron chi connectivity index (χ0n) is 18.4. The number of ether oxygens (including phenoxy) is 2. The van der Waals surface area contributed by atoms with E-state index in [9.17, 15) is 4.79 Å². The fraction of sp³-hybridized carbons (Fsp3) is 0.696. The van der Waals surface area contributed by atoms with Crippen LogP contribution in [0.25, 0.3) is 0 Å². The molecule has 0 radical (unpaired) electrons. The molecule has 2 rings (SSSR count). The van der Waals surface area contributed by atoms with Gasteiger partial charge in [0.15, 0.2) is 18.1 Å². The van der Waals surface area contributed by atoms with Crippen LogP contribution in [0.15, 0.2) is 16.6 Å². The van der Waals surface area contributed by atoms with E-state index >= 15 is 0 Å². The van der Waals surface area contributed by atoms with Crippen molar-refractivity contribution in [3.05, 3.63) is 22.2 Å². The standard InChI is InChI=1S/C23H37BrN2O3/c1-5-28-20-13-17(15-25-18-11-9-7-6-8-10-12-18)19(24)14-21(20)29-16-22(27)26-23(2,3)4/h13-14,18,25H,5-12,15-16H2,1-4H3,(H,26,27). The van der Waals surface area contributed by atoms with E-state index in [4.69, 9.17) is 9.47 Å². The molecule has 29 heavy (non-hydrogen) atoms. The van der Waals surface area contributed by atoms with E-state index in [0.29, 0.717) is 24.1 Å². The highest BCUT2D eigenvalue weighted by molar-refractivity contribution is 9.10. The molecule has 1 fully saturated rings. The van der Waals surface area contributed by atoms with E-state index in [0.717, 1.165) is 16.6 Å². The third kappa shape index (κ3) is 8.95. The van der Waals surface area contributed by atoms with E-state index in [2.05, 4.69) is 26.6 Å². The van der Waals surface area contributed by atoms with Gasteiger partial charge in [0.2, 0.25) is 0 Å². The van der Waals surface area contributed by atoms with Gasteiger partial charge in [0.25, 0.3) is 5.91 Å². The van der Waals surface area contributed by atoms with E-state index < -0.39 is 0 Å². The van der Waals surface area contributed by atoms with Crippen LogP contribution in [0.3, 0.4) is 0 Å². The molecule has 0 bridgehead atoms. The van der Waals surface area contributed by atoms with Crippen molar-refractivity contribution in [2.45, 2.75) is 90.8 Å². The number of nitrogens with one attached hydrogen (secondary N) is 2. The minimum Gasteiger partial charge on any atom is -0.490 e. The van der Waals surface area contributed by atoms with Crippen LogP contribution in [0.4, 0.5) is 0 Å². The van der Waals surface area contributed by atoms with Crippen molar-refractivity contribution >= 4 is 21.8 Å². The minimum atomic E-state index is -0.281. The molecule has 5 nitrogen and oxygen atoms in total. The molecule has 0 unspecified atom stereocenters. The molecule has 0 aromatic heterocycles. The monoisotopic (exact) mass is 468 g/mol. The molecule has 1 amide bonds. The van der Waals surface area contributed by atoms with E-state index in [1.54, 1.807) is 0 Å². The predicted molar refractivity (Wildman–Crippen MR) is 122 cm³/mol. The maximum atomic E-state index is 12.1. The number of rotatable bonds is 8. The van der Waals surface area contributed by atoms with Gasteiger partial charge in [0.1, 0.15) is 0 Å². The van der Waals surface area contributed by atoms with Crippen molar-refractivity contribution in [1.82, 2.24) is 10.6 Å². The van der Waals surface area contributed by atoms with Gasteiger partial charge in [0.05, 0.1) is 6.61 Å². The number of hydrogen-bond donors (Lipinski definition) is 2. The summed E-state index contributed by atoms with van der Waals surface area (Å²) < 4.78 is 12.5. The van der Waals surface area contributed by atoms with Gasteiger partial charge in [-0.15, -0.1) is 0 Å². The lowest BCUT2D eigenvalue weighted by molar-refractivity contribution is -0.124. The van der Waals surface area contributed by atoms with Gasteiger partial charge in [0, 0.05) is 22.6 Å². The smallest absolute Gasteiger partial charge is 0.258 e. The van der Waals surface area contributed by atoms with Gasteiger partial charge < -0.3 is 20.1 Å². The Kier molecular flexibility index (Phi) is 9.76. The molecule has 1 aromatic rings. The highest BCUT2D eigenvalue weighted by atomic mass is 79.9. The summed E-state index contributed by atoms with van der Waals surface area (Å²) in [5, 5.41) is 6.63. The summed E-state index contributed by atoms with van der Waals surface area (Å²) in [4.78, 5) is 12.1. The molecule has 164 valence electrons. The first-order valence-corrected chi connectivity index (χ1v) is 11.7. The summed E-state index contributed by atoms with van der Waals surface area (Å²) in [7, 11) is 0. The Morgan fingerprint density at radius 2 is 1.69 bits per heavy atom. The molecule has 1 aromatic carbocycles. The van der Waals surface area contributed by atoms with Crippen LogP contribution in [0.5, 0.6) is 11.5 Å². The fourth-order valence-corrected chi connectivity index (χ4v) is 4.07. The minimum absolute atomic E-state index is 0.0382. The van der Waals surface area contributed by atoms with Crippen molar-refractivity contribution in [3.8, 4) is 11.5 Å². The molecule has 0 heterocycles. The number of amides is 1. The Hall–Kier alpha value is -1.27. The molecule has 1 aliphatic rings. The number of hydrogen-bond acceptors (Lipinski definition) is 4. The second-order valence-electron chi connectivity index (χ2n) is 8.83. The molecule has 0 saturated heterocycles. The normalized spacial score (nSPS) is 16.0. The molecular formula is C23H37BrN2O3. The van der Waals surface area contributed by atoms with Gasteiger partial charge in [-0.2, -0.15) is 0 Å². The molecular weight excluding hydrogens is 432 g/mol. The SMILES string of the molecule is CCOc1cc(CNC2CCCCCCC2)c(Br)cc1OCC(=O)NC(C)(C)C. The highest BCUT2D eigenvalue weighted by Crippen LogP contribution is 2.34. The van der Waals surface area contributed by atoms with Crippen molar-refractivity contribution < 1.29 is 14.3 Å². The Morgan fingerprint density at radius 1 is 1.07 bits per heavy atom. The van der Waals surface area contributed by atoms with E-state index in [1.165, 1.54) is 44.9 Å². The second-order valence-corrected chi connectivity index (χ2v) is 9.69. The van der Waals surface area contributed by atoms with Gasteiger partial charge >= 0.3 is 0 Å². The van der Waals surface area contributed by atoms with Crippen molar-refractivity contribution in [1.29, 1.82) is 0 Å². The van der Waals surface area contributed by atoms with Crippen LogP contribution in [0.2, 0.25) is 0 Å². The Bertz CT molecular complexity index is 650. The second kappa shape index (κ2) is 11.8. The van der Waals surface area contributed by atoms with Crippen molar-refractivity contribution in [2.75, 3.05) is 13.2 Å². The van der Waals surface area contributed by atoms with Crippen LogP contribution in [-0.2, 0) is 11.3 Å². The van der Waals surface area contributed by atoms with Crippen LogP contribution in [0.1, 0.15) is 78.2 Å². The predicted octanol–water partition coefficient (Wildman–Crippen LogP) is 5.34. The Morgan fingerprint density at radius 3 is 2.31 bits per heavy atom. The first kappa shape index (κ1) is 24.0. The maximum Gasteiger partial charge on any atom is 0.258 e. The van der Waals surface area contributed by atoms with Gasteiger partial charge in [-0.1, -0.05) is 48.0 Å². The topological polar surface area (TPSA) is 59.6 Å². The van der Waals surface area contributed by atoms with Crippen molar-refractivity contribution in [3.63, 3.8) is 0 Å². The number of benzene rings is 1. The summed E-state index contributed by atoms with van der Waals surface area (Å²) in [6, 6.07) is 4.50. The Labute approximate surface area is 184 Å². The first-order valence-electron chi connectivity index (χ1n) is 10.9. The average Bonchev–Trinajstić information content (AvgIpc) is 2.60. The summed E-state index contributed by atoms with van der Waals surface area (Å²) in [5.41, 5.74) is 0.859. The zero-order valence-corrected chi connectivity index (χ0v) is 20.0. The number of halogens is 1. The molecule has 0 aliphatic heterocycles. The first-order chi connectivity index (χ1) is 13.8. The number of carbonyl (C=O) groups excluding carboxylic acids is 1. The van der Waals surface area contributed by atoms with E-state index in [-0.39, 0.29) is 18.1 Å². The lowest BCUT2D eigenvalue weighted by atomic mass is 9.96. The maximum absolute atomic E-state index is 12.1. The zero-order chi connectivity index (χ0) is 21.3. The molecule has 0 atom stereocenters. The van der Waals surface area contributed by atoms with Gasteiger partial charge in [-0.3, -0.25) is 4.79 Å². The average molecular weight is 469 g/mol. The van der Waals surface area contributed by atoms with Gasteiger partial charge in [-0.05, 0) is 58.2 Å². The quantitative estimate of drug-likeness (QED) is 0.540. The van der Waals surface area contributed by atoms with Crippen molar-refractivity contribution in [2.24, 2.45) is 0 Å². The lowest BCUT2D eigenvalue weighted by Gasteiger charge is -2.22. The summed E-state index contributed by atoms with van der Waals surface area (Å²) in [6.45, 7) is 9.09. The molecule has 0 spiro atoms. The van der Waals surface area contributed by atoms with E-state index in [1.807, 2.05) is 39.8 Å². The number of carbonyl (C=O) groups is 1. The molecule has 1 aliphatic carbocycles. The van der Waals surface area contributed by atoms with Gasteiger partial charge in [-0.25, -0.2) is 0 Å². The lowest BCUT2D eigenvalue weighted by Crippen LogP contribution is -2.43. The third-order valence-electron chi connectivity index (χ3n) is 4.97. The summed E-state index contributed by atoms with van der Waals surface area (Å²) in [5.74, 6) is 1.11. The van der Waals surface area contributed by atoms with Crippen LogP contribution >= 0.6 is 15.9 Å². The molecule has 1 saturated carbocycles. The molecule has 2 N–H and O–H groups in total. The van der Waals surface area contributed by atoms with Crippen LogP contribution in [-0.4, -0.2) is 30.7 Å². The highest BCUT2D eigenvalue weighted by Gasteiger charge is 2.17. The summed E-state index contributed by atoms with van der Waals surface area (Å²) >= 11 is 3.67. The fourth-order valence-electron chi connectivity index (χ4n) is 3.61. The molecule has 6 heteroatoms. The Balaban J connectivity index is 2.01. The third-order valence-corrected chi connectivity index (χ3v) is 5.71. The van der Waals surface area contributed by atoms with Crippen LogP contribution < -0.4 is 20.1 Å². The van der Waals surface area contributed by atoms with Crippen LogP contribution in [0, 0.1) is 0 Å². The summed E-state index contributed by atoms with van der Waals surface area (Å²) in [6.07, 6.45) is 9.21. The largest absolute Gasteiger partial charge is 0.490 e.